The Morgan fingerprint density at radius 1 is 1.40 bits per heavy atom. The van der Waals surface area contributed by atoms with Crippen molar-refractivity contribution in [1.29, 1.82) is 0 Å². The molecule has 0 aromatic heterocycles. The van der Waals surface area contributed by atoms with Crippen LogP contribution in [0.4, 0.5) is 0 Å². The molecule has 0 radical (unpaired) electrons. The van der Waals surface area contributed by atoms with Crippen LogP contribution < -0.4 is 10.1 Å². The van der Waals surface area contributed by atoms with Gasteiger partial charge in [0.25, 0.3) is 0 Å². The monoisotopic (exact) mass is 276 g/mol. The van der Waals surface area contributed by atoms with Crippen molar-refractivity contribution in [3.05, 3.63) is 29.8 Å². The molecule has 110 valence electrons. The fourth-order valence-corrected chi connectivity index (χ4v) is 2.03. The van der Waals surface area contributed by atoms with Crippen LogP contribution in [0.15, 0.2) is 24.3 Å². The molecule has 1 amide bonds. The van der Waals surface area contributed by atoms with Gasteiger partial charge in [-0.15, -0.1) is 0 Å². The second-order valence-electron chi connectivity index (χ2n) is 5.45. The predicted octanol–water partition coefficient (Wildman–Crippen LogP) is 2.18. The van der Waals surface area contributed by atoms with Crippen LogP contribution in [0, 0.1) is 0 Å². The zero-order chi connectivity index (χ0) is 14.5. The van der Waals surface area contributed by atoms with E-state index in [9.17, 15) is 4.79 Å². The maximum Gasteiger partial charge on any atom is 0.237 e. The number of hydrogen-bond donors (Lipinski definition) is 1. The molecular weight excluding hydrogens is 252 g/mol. The molecule has 1 atom stereocenters. The van der Waals surface area contributed by atoms with Crippen LogP contribution in [0.3, 0.4) is 0 Å². The number of hydrogen-bond acceptors (Lipinski definition) is 3. The number of nitrogens with one attached hydrogen (secondary N) is 1. The van der Waals surface area contributed by atoms with Crippen LogP contribution in [0.2, 0.25) is 0 Å². The fourth-order valence-electron chi connectivity index (χ4n) is 2.03. The van der Waals surface area contributed by atoms with Gasteiger partial charge in [0.15, 0.2) is 0 Å². The first-order valence-corrected chi connectivity index (χ1v) is 7.32. The van der Waals surface area contributed by atoms with Crippen molar-refractivity contribution in [2.45, 2.75) is 45.3 Å². The average Bonchev–Trinajstić information content (AvgIpc) is 3.24. The Hall–Kier alpha value is -1.55. The van der Waals surface area contributed by atoms with Crippen LogP contribution in [0.25, 0.3) is 0 Å². The van der Waals surface area contributed by atoms with E-state index < -0.39 is 0 Å². The lowest BCUT2D eigenvalue weighted by molar-refractivity contribution is -0.125. The Labute approximate surface area is 121 Å². The van der Waals surface area contributed by atoms with Gasteiger partial charge in [0, 0.05) is 12.6 Å². The highest BCUT2D eigenvalue weighted by atomic mass is 16.5. The van der Waals surface area contributed by atoms with E-state index in [1.807, 2.05) is 45.2 Å². The van der Waals surface area contributed by atoms with Crippen molar-refractivity contribution in [3.63, 3.8) is 0 Å². The minimum Gasteiger partial charge on any atom is -0.494 e. The van der Waals surface area contributed by atoms with E-state index in [-0.39, 0.29) is 11.9 Å². The SMILES string of the molecule is CCOc1ccc(CN(C)[C@H](C)C(=O)NC2CC2)cc1. The van der Waals surface area contributed by atoms with Crippen LogP contribution in [-0.2, 0) is 11.3 Å². The molecule has 1 aliphatic rings. The third-order valence-electron chi connectivity index (χ3n) is 3.63. The van der Waals surface area contributed by atoms with E-state index in [4.69, 9.17) is 4.74 Å². The molecule has 1 fully saturated rings. The molecule has 4 heteroatoms. The summed E-state index contributed by atoms with van der Waals surface area (Å²) >= 11 is 0. The van der Waals surface area contributed by atoms with Crippen LogP contribution in [-0.4, -0.2) is 36.5 Å². The number of amides is 1. The highest BCUT2D eigenvalue weighted by Crippen LogP contribution is 2.19. The van der Waals surface area contributed by atoms with Gasteiger partial charge in [-0.25, -0.2) is 0 Å². The highest BCUT2D eigenvalue weighted by Gasteiger charge is 2.27. The lowest BCUT2D eigenvalue weighted by atomic mass is 10.2. The second-order valence-corrected chi connectivity index (χ2v) is 5.45. The normalized spacial score (nSPS) is 16.0. The Balaban J connectivity index is 1.85. The van der Waals surface area contributed by atoms with Gasteiger partial charge in [-0.3, -0.25) is 9.69 Å². The summed E-state index contributed by atoms with van der Waals surface area (Å²) in [4.78, 5) is 14.1. The summed E-state index contributed by atoms with van der Waals surface area (Å²) in [5.41, 5.74) is 1.18. The van der Waals surface area contributed by atoms with E-state index >= 15 is 0 Å². The number of likely N-dealkylation sites (N-methyl/N-ethyl adjacent to an activating group) is 1. The molecule has 0 heterocycles. The first-order valence-electron chi connectivity index (χ1n) is 7.32. The summed E-state index contributed by atoms with van der Waals surface area (Å²) in [6, 6.07) is 8.36. The summed E-state index contributed by atoms with van der Waals surface area (Å²) in [5.74, 6) is 1.01. The molecule has 1 aliphatic carbocycles. The standard InChI is InChI=1S/C16H24N2O2/c1-4-20-15-9-5-13(6-10-15)11-18(3)12(2)16(19)17-14-7-8-14/h5-6,9-10,12,14H,4,7-8,11H2,1-3H3,(H,17,19)/t12-/m1/s1. The zero-order valence-electron chi connectivity index (χ0n) is 12.6. The number of nitrogens with zero attached hydrogens (tertiary/aromatic N) is 1. The Morgan fingerprint density at radius 2 is 2.05 bits per heavy atom. The Bertz CT molecular complexity index is 440. The molecule has 1 aromatic carbocycles. The molecule has 0 saturated heterocycles. The second kappa shape index (κ2) is 6.75. The number of carbonyl (C=O) groups is 1. The van der Waals surface area contributed by atoms with Gasteiger partial charge in [0.05, 0.1) is 12.6 Å². The fraction of sp³-hybridized carbons (Fsp3) is 0.562. The maximum absolute atomic E-state index is 12.0. The molecule has 1 aromatic rings. The largest absolute Gasteiger partial charge is 0.494 e. The molecule has 0 aliphatic heterocycles. The van der Waals surface area contributed by atoms with Crippen molar-refractivity contribution < 1.29 is 9.53 Å². The van der Waals surface area contributed by atoms with Gasteiger partial charge >= 0.3 is 0 Å². The van der Waals surface area contributed by atoms with E-state index in [1.165, 1.54) is 5.56 Å². The van der Waals surface area contributed by atoms with Crippen molar-refractivity contribution >= 4 is 5.91 Å². The molecular formula is C16H24N2O2. The third kappa shape index (κ3) is 4.23. The summed E-state index contributed by atoms with van der Waals surface area (Å²) in [7, 11) is 1.98. The van der Waals surface area contributed by atoms with Gasteiger partial charge in [-0.1, -0.05) is 12.1 Å². The lowest BCUT2D eigenvalue weighted by Gasteiger charge is -2.24. The summed E-state index contributed by atoms with van der Waals surface area (Å²) in [5, 5.41) is 3.05. The molecule has 0 unspecified atom stereocenters. The van der Waals surface area contributed by atoms with Crippen LogP contribution in [0.1, 0.15) is 32.3 Å². The number of ether oxygens (including phenoxy) is 1. The summed E-state index contributed by atoms with van der Waals surface area (Å²) in [6.45, 7) is 5.36. The molecule has 20 heavy (non-hydrogen) atoms. The van der Waals surface area contributed by atoms with Gasteiger partial charge in [0.2, 0.25) is 5.91 Å². The predicted molar refractivity (Wildman–Crippen MR) is 79.7 cm³/mol. The van der Waals surface area contributed by atoms with E-state index in [0.717, 1.165) is 25.1 Å². The maximum atomic E-state index is 12.0. The molecule has 4 nitrogen and oxygen atoms in total. The molecule has 1 saturated carbocycles. The Morgan fingerprint density at radius 3 is 2.60 bits per heavy atom. The van der Waals surface area contributed by atoms with E-state index in [0.29, 0.717) is 12.6 Å². The average molecular weight is 276 g/mol. The third-order valence-corrected chi connectivity index (χ3v) is 3.63. The number of benzene rings is 1. The van der Waals surface area contributed by atoms with Gasteiger partial charge in [-0.05, 0) is 51.4 Å². The molecule has 0 spiro atoms. The molecule has 0 bridgehead atoms. The number of carbonyl (C=O) groups excluding carboxylic acids is 1. The number of rotatable bonds is 7. The smallest absolute Gasteiger partial charge is 0.237 e. The Kier molecular flexibility index (Phi) is 5.01. The molecule has 2 rings (SSSR count). The van der Waals surface area contributed by atoms with Crippen molar-refractivity contribution in [2.24, 2.45) is 0 Å². The van der Waals surface area contributed by atoms with Gasteiger partial charge in [-0.2, -0.15) is 0 Å². The molecule has 1 N–H and O–H groups in total. The summed E-state index contributed by atoms with van der Waals surface area (Å²) < 4.78 is 5.42. The van der Waals surface area contributed by atoms with Crippen LogP contribution >= 0.6 is 0 Å². The van der Waals surface area contributed by atoms with Crippen molar-refractivity contribution in [3.8, 4) is 5.75 Å². The minimum absolute atomic E-state index is 0.109. The topological polar surface area (TPSA) is 41.6 Å². The van der Waals surface area contributed by atoms with E-state index in [1.54, 1.807) is 0 Å². The van der Waals surface area contributed by atoms with Gasteiger partial charge in [0.1, 0.15) is 5.75 Å². The van der Waals surface area contributed by atoms with Crippen molar-refractivity contribution in [1.82, 2.24) is 10.2 Å². The quantitative estimate of drug-likeness (QED) is 0.830. The minimum atomic E-state index is -0.109. The van der Waals surface area contributed by atoms with Gasteiger partial charge < -0.3 is 10.1 Å². The van der Waals surface area contributed by atoms with Crippen molar-refractivity contribution in [2.75, 3.05) is 13.7 Å². The summed E-state index contributed by atoms with van der Waals surface area (Å²) in [6.07, 6.45) is 2.25. The highest BCUT2D eigenvalue weighted by molar-refractivity contribution is 5.81. The lowest BCUT2D eigenvalue weighted by Crippen LogP contribution is -2.43. The van der Waals surface area contributed by atoms with Crippen LogP contribution in [0.5, 0.6) is 5.75 Å². The zero-order valence-corrected chi connectivity index (χ0v) is 12.6. The first kappa shape index (κ1) is 14.9. The van der Waals surface area contributed by atoms with E-state index in [2.05, 4.69) is 10.2 Å². The first-order chi connectivity index (χ1) is 9.60.